The van der Waals surface area contributed by atoms with Gasteiger partial charge in [0.2, 0.25) is 5.78 Å². The van der Waals surface area contributed by atoms with Crippen LogP contribution in [0.1, 0.15) is 39.0 Å². The van der Waals surface area contributed by atoms with E-state index in [2.05, 4.69) is 10.3 Å². The minimum atomic E-state index is -0.478. The van der Waals surface area contributed by atoms with E-state index in [1.54, 1.807) is 45.2 Å². The quantitative estimate of drug-likeness (QED) is 0.431. The summed E-state index contributed by atoms with van der Waals surface area (Å²) >= 11 is 0. The molecule has 8 heteroatoms. The van der Waals surface area contributed by atoms with Crippen molar-refractivity contribution in [3.05, 3.63) is 46.8 Å². The topological polar surface area (TPSA) is 102 Å². The van der Waals surface area contributed by atoms with Gasteiger partial charge in [-0.25, -0.2) is 4.79 Å². The molecule has 1 aromatic carbocycles. The van der Waals surface area contributed by atoms with Crippen LogP contribution in [-0.2, 0) is 9.53 Å². The molecule has 0 aliphatic carbocycles. The molecule has 29 heavy (non-hydrogen) atoms. The summed E-state index contributed by atoms with van der Waals surface area (Å²) in [7, 11) is 2.88. The first-order chi connectivity index (χ1) is 13.8. The number of ketones is 1. The van der Waals surface area contributed by atoms with E-state index in [4.69, 9.17) is 9.47 Å². The average molecular weight is 402 g/mol. The van der Waals surface area contributed by atoms with Gasteiger partial charge in [0, 0.05) is 11.4 Å². The lowest BCUT2D eigenvalue weighted by atomic mass is 10.1. The second kappa shape index (κ2) is 9.88. The molecule has 1 atom stereocenters. The Labute approximate surface area is 170 Å². The van der Waals surface area contributed by atoms with E-state index in [9.17, 15) is 14.4 Å². The highest BCUT2D eigenvalue weighted by atomic mass is 16.5. The first kappa shape index (κ1) is 22.2. The van der Waals surface area contributed by atoms with Crippen molar-refractivity contribution >= 4 is 23.3 Å². The lowest BCUT2D eigenvalue weighted by Crippen LogP contribution is -3.13. The third kappa shape index (κ3) is 5.45. The number of carbonyl (C=O) groups is 3. The van der Waals surface area contributed by atoms with E-state index >= 15 is 0 Å². The van der Waals surface area contributed by atoms with Gasteiger partial charge < -0.3 is 24.7 Å². The number of hydrogen-bond acceptors (Lipinski definition) is 5. The number of likely N-dealkylation sites (N-methyl/N-ethyl adjacent to an activating group) is 1. The van der Waals surface area contributed by atoms with Crippen LogP contribution in [0.15, 0.2) is 24.3 Å². The van der Waals surface area contributed by atoms with Crippen LogP contribution >= 0.6 is 0 Å². The highest BCUT2D eigenvalue weighted by molar-refractivity contribution is 6.02. The summed E-state index contributed by atoms with van der Waals surface area (Å²) in [5.41, 5.74) is 2.58. The van der Waals surface area contributed by atoms with Crippen molar-refractivity contribution in [2.24, 2.45) is 0 Å². The third-order valence-corrected chi connectivity index (χ3v) is 4.80. The minimum Gasteiger partial charge on any atom is -0.497 e. The summed E-state index contributed by atoms with van der Waals surface area (Å²) in [5.74, 6) is -0.115. The molecular formula is C21H28N3O5+. The summed E-state index contributed by atoms with van der Waals surface area (Å²) in [5, 5.41) is 2.82. The monoisotopic (exact) mass is 402 g/mol. The zero-order valence-electron chi connectivity index (χ0n) is 17.5. The molecule has 1 amide bonds. The van der Waals surface area contributed by atoms with Crippen molar-refractivity contribution in [2.45, 2.75) is 20.8 Å². The molecule has 1 unspecified atom stereocenters. The highest BCUT2D eigenvalue weighted by Gasteiger charge is 2.25. The van der Waals surface area contributed by atoms with Crippen LogP contribution in [0.25, 0.3) is 0 Å². The van der Waals surface area contributed by atoms with Gasteiger partial charge in [-0.05, 0) is 50.6 Å². The Hall–Kier alpha value is -3.13. The molecule has 0 spiro atoms. The number of amides is 1. The van der Waals surface area contributed by atoms with Crippen LogP contribution in [-0.4, -0.2) is 56.5 Å². The van der Waals surface area contributed by atoms with Gasteiger partial charge in [-0.1, -0.05) is 0 Å². The molecule has 3 N–H and O–H groups in total. The van der Waals surface area contributed by atoms with Gasteiger partial charge in [-0.3, -0.25) is 9.59 Å². The number of quaternary nitrogens is 1. The van der Waals surface area contributed by atoms with E-state index in [1.807, 2.05) is 6.92 Å². The molecule has 156 valence electrons. The molecule has 0 aliphatic rings. The van der Waals surface area contributed by atoms with Crippen LogP contribution in [0.5, 0.6) is 5.75 Å². The van der Waals surface area contributed by atoms with Crippen molar-refractivity contribution < 1.29 is 28.8 Å². The number of nitrogens with one attached hydrogen (secondary N) is 3. The Morgan fingerprint density at radius 3 is 2.28 bits per heavy atom. The SMILES string of the molecule is CC[NH+](CC(=O)Nc1ccc(OC)cc1)CC(=O)c1[nH]c(C)c(C(=O)OC)c1C. The first-order valence-corrected chi connectivity index (χ1v) is 9.38. The molecule has 0 radical (unpaired) electrons. The Morgan fingerprint density at radius 2 is 1.72 bits per heavy atom. The molecule has 0 saturated carbocycles. The van der Waals surface area contributed by atoms with E-state index < -0.39 is 5.97 Å². The van der Waals surface area contributed by atoms with Gasteiger partial charge >= 0.3 is 5.97 Å². The van der Waals surface area contributed by atoms with Crippen LogP contribution < -0.4 is 15.0 Å². The second-order valence-electron chi connectivity index (χ2n) is 6.77. The summed E-state index contributed by atoms with van der Waals surface area (Å²) in [6.45, 7) is 6.24. The van der Waals surface area contributed by atoms with Gasteiger partial charge in [0.05, 0.1) is 32.0 Å². The van der Waals surface area contributed by atoms with Crippen LogP contribution in [0.4, 0.5) is 5.69 Å². The number of rotatable bonds is 9. The maximum absolute atomic E-state index is 12.8. The molecule has 2 aromatic rings. The lowest BCUT2D eigenvalue weighted by Gasteiger charge is -2.16. The number of carbonyl (C=O) groups excluding carboxylic acids is 3. The van der Waals surface area contributed by atoms with Gasteiger partial charge in [0.15, 0.2) is 6.54 Å². The van der Waals surface area contributed by atoms with Gasteiger partial charge in [0.1, 0.15) is 12.3 Å². The molecule has 0 saturated heterocycles. The Morgan fingerprint density at radius 1 is 1.07 bits per heavy atom. The average Bonchev–Trinajstić information content (AvgIpc) is 3.01. The first-order valence-electron chi connectivity index (χ1n) is 9.38. The number of anilines is 1. The Kier molecular flexibility index (Phi) is 7.55. The molecule has 0 fully saturated rings. The predicted molar refractivity (Wildman–Crippen MR) is 109 cm³/mol. The number of ether oxygens (including phenoxy) is 2. The van der Waals surface area contributed by atoms with Gasteiger partial charge in [0.25, 0.3) is 5.91 Å². The number of Topliss-reactive ketones (excluding diaryl/α,β-unsaturated/α-hetero) is 1. The van der Waals surface area contributed by atoms with Crippen molar-refractivity contribution in [2.75, 3.05) is 39.2 Å². The molecule has 8 nitrogen and oxygen atoms in total. The minimum absolute atomic E-state index is 0.133. The zero-order chi connectivity index (χ0) is 21.6. The maximum atomic E-state index is 12.8. The van der Waals surface area contributed by atoms with Gasteiger partial charge in [-0.15, -0.1) is 0 Å². The Balaban J connectivity index is 2.02. The van der Waals surface area contributed by atoms with Crippen LogP contribution in [0, 0.1) is 13.8 Å². The predicted octanol–water partition coefficient (Wildman–Crippen LogP) is 1.15. The number of benzene rings is 1. The fraction of sp³-hybridized carbons (Fsp3) is 0.381. The van der Waals surface area contributed by atoms with Crippen molar-refractivity contribution in [3.8, 4) is 5.75 Å². The summed E-state index contributed by atoms with van der Waals surface area (Å²) in [6.07, 6.45) is 0. The number of methoxy groups -OCH3 is 2. The van der Waals surface area contributed by atoms with E-state index in [-0.39, 0.29) is 24.8 Å². The smallest absolute Gasteiger partial charge is 0.339 e. The number of hydrogen-bond donors (Lipinski definition) is 3. The Bertz CT molecular complexity index is 886. The maximum Gasteiger partial charge on any atom is 0.339 e. The molecule has 0 bridgehead atoms. The van der Waals surface area contributed by atoms with E-state index in [0.717, 1.165) is 4.90 Å². The highest BCUT2D eigenvalue weighted by Crippen LogP contribution is 2.19. The summed E-state index contributed by atoms with van der Waals surface area (Å²) in [4.78, 5) is 40.8. The van der Waals surface area contributed by atoms with E-state index in [1.165, 1.54) is 7.11 Å². The standard InChI is InChI=1S/C21H27N3O5/c1-6-24(12-18(26)23-15-7-9-16(28-4)10-8-15)11-17(25)20-13(2)19(14(3)22-20)21(27)29-5/h7-10,22H,6,11-12H2,1-5H3,(H,23,26)/p+1. The molecule has 1 heterocycles. The number of aromatic nitrogens is 1. The fourth-order valence-electron chi connectivity index (χ4n) is 3.17. The molecule has 2 rings (SSSR count). The fourth-order valence-corrected chi connectivity index (χ4v) is 3.17. The number of aromatic amines is 1. The van der Waals surface area contributed by atoms with Gasteiger partial charge in [-0.2, -0.15) is 0 Å². The van der Waals surface area contributed by atoms with Crippen LogP contribution in [0.2, 0.25) is 0 Å². The molecule has 0 aliphatic heterocycles. The van der Waals surface area contributed by atoms with Crippen LogP contribution in [0.3, 0.4) is 0 Å². The zero-order valence-corrected chi connectivity index (χ0v) is 17.5. The third-order valence-electron chi connectivity index (χ3n) is 4.80. The number of esters is 1. The lowest BCUT2D eigenvalue weighted by molar-refractivity contribution is -0.881. The number of H-pyrrole nitrogens is 1. The largest absolute Gasteiger partial charge is 0.497 e. The summed E-state index contributed by atoms with van der Waals surface area (Å²) in [6, 6.07) is 7.04. The second-order valence-corrected chi connectivity index (χ2v) is 6.77. The van der Waals surface area contributed by atoms with Crippen molar-refractivity contribution in [3.63, 3.8) is 0 Å². The number of aryl methyl sites for hydroxylation is 1. The van der Waals surface area contributed by atoms with Crippen molar-refractivity contribution in [1.29, 1.82) is 0 Å². The van der Waals surface area contributed by atoms with Crippen molar-refractivity contribution in [1.82, 2.24) is 4.98 Å². The molecular weight excluding hydrogens is 374 g/mol. The molecule has 1 aromatic heterocycles. The van der Waals surface area contributed by atoms with E-state index in [0.29, 0.717) is 40.5 Å². The normalized spacial score (nSPS) is 11.6. The summed E-state index contributed by atoms with van der Waals surface area (Å²) < 4.78 is 9.88.